The molecule has 0 spiro atoms. The summed E-state index contributed by atoms with van der Waals surface area (Å²) in [6.07, 6.45) is 0.656. The highest BCUT2D eigenvalue weighted by Crippen LogP contribution is 2.28. The Labute approximate surface area is 182 Å². The van der Waals surface area contributed by atoms with E-state index in [1.165, 1.54) is 11.1 Å². The van der Waals surface area contributed by atoms with Crippen LogP contribution in [-0.2, 0) is 24.8 Å². The van der Waals surface area contributed by atoms with Crippen LogP contribution in [0.15, 0.2) is 42.5 Å². The Balaban J connectivity index is 1.27. The number of β-amino-alcohol motifs (C(OH)–C–C–N with tert-alkyl or cyclic N) is 1. The zero-order valence-electron chi connectivity index (χ0n) is 18.1. The van der Waals surface area contributed by atoms with Crippen molar-refractivity contribution in [2.24, 2.45) is 7.05 Å². The third kappa shape index (κ3) is 4.95. The Morgan fingerprint density at radius 1 is 1.19 bits per heavy atom. The largest absolute Gasteiger partial charge is 0.481 e. The number of hydrogen-bond donors (Lipinski definition) is 2. The van der Waals surface area contributed by atoms with E-state index in [0.717, 1.165) is 42.4 Å². The molecule has 1 aliphatic heterocycles. The smallest absolute Gasteiger partial charge is 0.166 e. The average molecular weight is 423 g/mol. The summed E-state index contributed by atoms with van der Waals surface area (Å²) in [5.74, 6) is 0.648. The summed E-state index contributed by atoms with van der Waals surface area (Å²) in [7, 11) is 1.89. The summed E-state index contributed by atoms with van der Waals surface area (Å²) in [5.41, 5.74) is 4.56. The molecule has 0 amide bonds. The van der Waals surface area contributed by atoms with Crippen LogP contribution >= 0.6 is 0 Å². The number of hydrogen-bond acceptors (Lipinski definition) is 6. The van der Waals surface area contributed by atoms with Crippen LogP contribution in [0.3, 0.4) is 0 Å². The van der Waals surface area contributed by atoms with Gasteiger partial charge in [0, 0.05) is 39.8 Å². The van der Waals surface area contributed by atoms with Gasteiger partial charge >= 0.3 is 0 Å². The normalized spacial score (nSPS) is 16.1. The van der Waals surface area contributed by atoms with Crippen molar-refractivity contribution in [2.75, 3.05) is 26.2 Å². The maximum atomic E-state index is 11.6. The van der Waals surface area contributed by atoms with E-state index in [0.29, 0.717) is 25.4 Å². The van der Waals surface area contributed by atoms with E-state index in [1.54, 1.807) is 4.68 Å². The second-order valence-corrected chi connectivity index (χ2v) is 8.22. The molecule has 2 heterocycles. The number of nitrogens with zero attached hydrogens (tertiary/aromatic N) is 3. The Morgan fingerprint density at radius 2 is 2.00 bits per heavy atom. The van der Waals surface area contributed by atoms with Crippen LogP contribution in [0.4, 0.5) is 0 Å². The van der Waals surface area contributed by atoms with Crippen molar-refractivity contribution in [3.05, 3.63) is 59.3 Å². The molecular weight excluding hydrogens is 392 g/mol. The van der Waals surface area contributed by atoms with Crippen molar-refractivity contribution in [1.82, 2.24) is 20.0 Å². The van der Waals surface area contributed by atoms with E-state index in [2.05, 4.69) is 39.6 Å². The highest BCUT2D eigenvalue weighted by Gasteiger charge is 2.19. The predicted octanol–water partition coefficient (Wildman–Crippen LogP) is 1.84. The third-order valence-corrected chi connectivity index (χ3v) is 5.85. The fourth-order valence-corrected chi connectivity index (χ4v) is 4.33. The molecule has 7 heteroatoms. The van der Waals surface area contributed by atoms with Gasteiger partial charge in [-0.15, -0.1) is 0 Å². The van der Waals surface area contributed by atoms with E-state index in [1.807, 2.05) is 32.2 Å². The highest BCUT2D eigenvalue weighted by atomic mass is 16.5. The minimum atomic E-state index is -0.640. The van der Waals surface area contributed by atoms with Gasteiger partial charge in [0.25, 0.3) is 0 Å². The van der Waals surface area contributed by atoms with E-state index in [4.69, 9.17) is 4.74 Å². The molecule has 2 unspecified atom stereocenters. The Hall–Kier alpha value is -2.74. The van der Waals surface area contributed by atoms with Crippen LogP contribution < -0.4 is 10.1 Å². The van der Waals surface area contributed by atoms with Crippen LogP contribution in [0.2, 0.25) is 0 Å². The van der Waals surface area contributed by atoms with Crippen molar-refractivity contribution in [2.45, 2.75) is 32.1 Å². The number of aldehydes is 1. The molecule has 164 valence electrons. The minimum Gasteiger partial charge on any atom is -0.481 e. The summed E-state index contributed by atoms with van der Waals surface area (Å²) < 4.78 is 7.77. The van der Waals surface area contributed by atoms with Crippen molar-refractivity contribution < 1.29 is 14.6 Å². The summed E-state index contributed by atoms with van der Waals surface area (Å²) in [6.45, 7) is 5.08. The van der Waals surface area contributed by atoms with Crippen LogP contribution in [0.5, 0.6) is 5.75 Å². The van der Waals surface area contributed by atoms with Gasteiger partial charge in [-0.3, -0.25) is 14.4 Å². The zero-order chi connectivity index (χ0) is 21.8. The molecule has 2 N–H and O–H groups in total. The first kappa shape index (κ1) is 21.5. The molecular formula is C24H30N4O3. The van der Waals surface area contributed by atoms with Gasteiger partial charge in [-0.25, -0.2) is 0 Å². The number of aliphatic hydroxyl groups is 1. The molecule has 0 radical (unpaired) electrons. The molecule has 7 nitrogen and oxygen atoms in total. The fourth-order valence-electron chi connectivity index (χ4n) is 4.33. The molecule has 0 saturated heterocycles. The van der Waals surface area contributed by atoms with Gasteiger partial charge in [0.05, 0.1) is 22.7 Å². The monoisotopic (exact) mass is 422 g/mol. The molecule has 0 bridgehead atoms. The molecule has 31 heavy (non-hydrogen) atoms. The molecule has 2 atom stereocenters. The fraction of sp³-hybridized carbons (Fsp3) is 0.417. The number of aliphatic hydroxyl groups excluding tert-OH is 1. The van der Waals surface area contributed by atoms with Gasteiger partial charge in [0.15, 0.2) is 12.4 Å². The van der Waals surface area contributed by atoms with Gasteiger partial charge in [0.1, 0.15) is 5.75 Å². The Morgan fingerprint density at radius 3 is 2.81 bits per heavy atom. The van der Waals surface area contributed by atoms with Crippen LogP contribution in [0, 0.1) is 6.92 Å². The first-order valence-corrected chi connectivity index (χ1v) is 10.8. The SMILES string of the molecule is Cc1nn(C)c2cccc(OC(C=O)CNCC(O)CN3CCc4ccccc4C3)c12. The molecule has 2 aromatic carbocycles. The molecule has 3 aromatic rings. The minimum absolute atomic E-state index is 0.332. The van der Waals surface area contributed by atoms with Crippen molar-refractivity contribution in [3.63, 3.8) is 0 Å². The summed E-state index contributed by atoms with van der Waals surface area (Å²) in [6, 6.07) is 14.2. The first-order valence-electron chi connectivity index (χ1n) is 10.8. The Kier molecular flexibility index (Phi) is 6.65. The topological polar surface area (TPSA) is 79.6 Å². The van der Waals surface area contributed by atoms with Crippen LogP contribution in [0.25, 0.3) is 10.9 Å². The number of fused-ring (bicyclic) bond motifs is 2. The maximum Gasteiger partial charge on any atom is 0.166 e. The van der Waals surface area contributed by atoms with Gasteiger partial charge in [-0.05, 0) is 36.6 Å². The number of aromatic nitrogens is 2. The van der Waals surface area contributed by atoms with E-state index in [-0.39, 0.29) is 0 Å². The van der Waals surface area contributed by atoms with Crippen LogP contribution in [-0.4, -0.2) is 64.5 Å². The van der Waals surface area contributed by atoms with Gasteiger partial charge in [0.2, 0.25) is 0 Å². The number of benzene rings is 2. The number of carbonyl (C=O) groups excluding carboxylic acids is 1. The quantitative estimate of drug-likeness (QED) is 0.513. The number of ether oxygens (including phenoxy) is 1. The summed E-state index contributed by atoms with van der Waals surface area (Å²) >= 11 is 0. The molecule has 0 saturated carbocycles. The third-order valence-electron chi connectivity index (χ3n) is 5.85. The number of carbonyl (C=O) groups is 1. The highest BCUT2D eigenvalue weighted by molar-refractivity contribution is 5.88. The average Bonchev–Trinajstić information content (AvgIpc) is 3.07. The second kappa shape index (κ2) is 9.60. The summed E-state index contributed by atoms with van der Waals surface area (Å²) in [4.78, 5) is 13.9. The van der Waals surface area contributed by atoms with Crippen LogP contribution in [0.1, 0.15) is 16.8 Å². The maximum absolute atomic E-state index is 11.6. The Bertz CT molecular complexity index is 1050. The zero-order valence-corrected chi connectivity index (χ0v) is 18.1. The lowest BCUT2D eigenvalue weighted by Crippen LogP contribution is -2.43. The van der Waals surface area contributed by atoms with E-state index in [9.17, 15) is 9.90 Å². The van der Waals surface area contributed by atoms with Gasteiger partial charge in [-0.1, -0.05) is 30.3 Å². The molecule has 4 rings (SSSR count). The van der Waals surface area contributed by atoms with Gasteiger partial charge in [-0.2, -0.15) is 5.10 Å². The number of aryl methyl sites for hydroxylation is 2. The molecule has 0 aliphatic carbocycles. The first-order chi connectivity index (χ1) is 15.0. The van der Waals surface area contributed by atoms with Crippen molar-refractivity contribution in [1.29, 1.82) is 0 Å². The molecule has 0 fully saturated rings. The van der Waals surface area contributed by atoms with Crippen molar-refractivity contribution >= 4 is 17.2 Å². The standard InChI is InChI=1S/C24H30N4O3/c1-17-24-22(27(2)26-17)8-5-9-23(24)31-21(16-29)13-25-12-20(30)15-28-11-10-18-6-3-4-7-19(18)14-28/h3-9,16,20-21,25,30H,10-15H2,1-2H3. The lowest BCUT2D eigenvalue weighted by molar-refractivity contribution is -0.113. The van der Waals surface area contributed by atoms with E-state index < -0.39 is 12.2 Å². The number of nitrogens with one attached hydrogen (secondary N) is 1. The van der Waals surface area contributed by atoms with E-state index >= 15 is 0 Å². The lowest BCUT2D eigenvalue weighted by Gasteiger charge is -2.30. The van der Waals surface area contributed by atoms with Crippen molar-refractivity contribution in [3.8, 4) is 5.75 Å². The molecule has 1 aromatic heterocycles. The number of rotatable bonds is 9. The molecule has 1 aliphatic rings. The second-order valence-electron chi connectivity index (χ2n) is 8.22. The summed E-state index contributed by atoms with van der Waals surface area (Å²) in [5, 5.41) is 19.0. The predicted molar refractivity (Wildman–Crippen MR) is 120 cm³/mol. The van der Waals surface area contributed by atoms with Gasteiger partial charge < -0.3 is 15.2 Å². The lowest BCUT2D eigenvalue weighted by atomic mass is 10.00.